The van der Waals surface area contributed by atoms with Crippen LogP contribution < -0.4 is 0 Å². The predicted molar refractivity (Wildman–Crippen MR) is 110 cm³/mol. The van der Waals surface area contributed by atoms with E-state index in [0.29, 0.717) is 0 Å². The molecule has 0 aromatic rings. The van der Waals surface area contributed by atoms with Gasteiger partial charge in [0.1, 0.15) is 22.2 Å². The summed E-state index contributed by atoms with van der Waals surface area (Å²) in [5, 5.41) is 27.3. The third-order valence-corrected chi connectivity index (χ3v) is 4.74. The Morgan fingerprint density at radius 2 is 0.423 bits per heavy atom. The van der Waals surface area contributed by atoms with E-state index >= 15 is 0 Å². The molecule has 0 bridgehead atoms. The molecule has 152 valence electrons. The Morgan fingerprint density at radius 1 is 0.269 bits per heavy atom. The highest BCUT2D eigenvalue weighted by atomic mass is 15.3. The molecule has 0 unspecified atom stereocenters. The Morgan fingerprint density at radius 3 is 0.577 bits per heavy atom. The van der Waals surface area contributed by atoms with Crippen LogP contribution in [0.2, 0.25) is 0 Å². The third kappa shape index (κ3) is 7.58. The van der Waals surface area contributed by atoms with E-state index in [-0.39, 0.29) is 11.1 Å². The van der Waals surface area contributed by atoms with Crippen molar-refractivity contribution in [1.82, 2.24) is 0 Å². The van der Waals surface area contributed by atoms with Crippen molar-refractivity contribution >= 4 is 0 Å². The van der Waals surface area contributed by atoms with Crippen LogP contribution in [-0.4, -0.2) is 33.2 Å². The molecule has 0 saturated carbocycles. The summed E-state index contributed by atoms with van der Waals surface area (Å²) in [6.45, 7) is 28.5. The highest BCUT2D eigenvalue weighted by Crippen LogP contribution is 2.35. The van der Waals surface area contributed by atoms with Crippen molar-refractivity contribution < 1.29 is 0 Å². The summed E-state index contributed by atoms with van der Waals surface area (Å²) in [5.41, 5.74) is -2.38. The van der Waals surface area contributed by atoms with Crippen molar-refractivity contribution in [2.24, 2.45) is 30.7 Å². The molecule has 0 radical (unpaired) electrons. The zero-order valence-corrected chi connectivity index (χ0v) is 19.7. The summed E-state index contributed by atoms with van der Waals surface area (Å²) < 4.78 is 0. The summed E-state index contributed by atoms with van der Waals surface area (Å²) in [7, 11) is 0. The Kier molecular flexibility index (Phi) is 7.09. The monoisotopic (exact) mass is 366 g/mol. The molecule has 26 heavy (non-hydrogen) atoms. The first-order chi connectivity index (χ1) is 11.1. The van der Waals surface area contributed by atoms with Crippen LogP contribution in [0.3, 0.4) is 0 Å². The predicted octanol–water partition coefficient (Wildman–Crippen LogP) is 7.05. The van der Waals surface area contributed by atoms with Gasteiger partial charge < -0.3 is 0 Å². The molecular formula is C20H42N6. The molecule has 0 fully saturated rings. The fraction of sp³-hybridized carbons (Fsp3) is 1.00. The number of azo groups is 3. The maximum atomic E-state index is 4.68. The molecule has 0 N–H and O–H groups in total. The van der Waals surface area contributed by atoms with Crippen molar-refractivity contribution in [2.75, 3.05) is 0 Å². The topological polar surface area (TPSA) is 74.2 Å². The summed E-state index contributed by atoms with van der Waals surface area (Å²) in [6, 6.07) is 0. The van der Waals surface area contributed by atoms with E-state index in [0.717, 1.165) is 0 Å². The van der Waals surface area contributed by atoms with E-state index in [1.807, 2.05) is 96.9 Å². The standard InChI is InChI=1S/C20H42N6/c1-15(2,3)21-23-17(7,8)19(11,12)25-26-20(13,14)18(9,10)24-22-16(4,5)6/h1-14H3. The van der Waals surface area contributed by atoms with Crippen molar-refractivity contribution in [3.8, 4) is 0 Å². The van der Waals surface area contributed by atoms with Gasteiger partial charge in [-0.15, -0.1) is 0 Å². The molecule has 0 aromatic carbocycles. The van der Waals surface area contributed by atoms with Crippen LogP contribution in [0.5, 0.6) is 0 Å². The maximum absolute atomic E-state index is 4.68. The molecule has 0 aliphatic heterocycles. The van der Waals surface area contributed by atoms with Crippen molar-refractivity contribution in [3.63, 3.8) is 0 Å². The summed E-state index contributed by atoms with van der Waals surface area (Å²) in [6.07, 6.45) is 0. The van der Waals surface area contributed by atoms with Gasteiger partial charge in [-0.3, -0.25) is 0 Å². The smallest absolute Gasteiger partial charge is 0.102 e. The van der Waals surface area contributed by atoms with Crippen LogP contribution in [0.1, 0.15) is 96.9 Å². The Hall–Kier alpha value is -1.20. The SMILES string of the molecule is CC(C)(C)N=NC(C)(C)C(C)(C)N=NC(C)(C)C(C)(C)N=NC(C)(C)C. The minimum atomic E-state index is -0.504. The summed E-state index contributed by atoms with van der Waals surface area (Å²) in [5.74, 6) is 0. The Bertz CT molecular complexity index is 502. The van der Waals surface area contributed by atoms with Gasteiger partial charge in [0.2, 0.25) is 0 Å². The second kappa shape index (κ2) is 7.43. The van der Waals surface area contributed by atoms with Crippen LogP contribution in [-0.2, 0) is 0 Å². The van der Waals surface area contributed by atoms with Gasteiger partial charge >= 0.3 is 0 Å². The first-order valence-corrected chi connectivity index (χ1v) is 9.44. The fourth-order valence-electron chi connectivity index (χ4n) is 1.29. The first kappa shape index (κ1) is 24.8. The number of hydrogen-bond donors (Lipinski definition) is 0. The lowest BCUT2D eigenvalue weighted by Crippen LogP contribution is -2.45. The Balaban J connectivity index is 5.61. The van der Waals surface area contributed by atoms with Gasteiger partial charge in [0, 0.05) is 0 Å². The van der Waals surface area contributed by atoms with E-state index in [1.165, 1.54) is 0 Å². The molecule has 0 aliphatic rings. The quantitative estimate of drug-likeness (QED) is 0.451. The van der Waals surface area contributed by atoms with Crippen molar-refractivity contribution in [1.29, 1.82) is 0 Å². The molecule has 6 heteroatoms. The van der Waals surface area contributed by atoms with Gasteiger partial charge in [-0.1, -0.05) is 0 Å². The number of rotatable bonds is 6. The van der Waals surface area contributed by atoms with Crippen molar-refractivity contribution in [2.45, 2.75) is 130 Å². The molecule has 0 aliphatic carbocycles. The average Bonchev–Trinajstić information content (AvgIpc) is 2.39. The minimum absolute atomic E-state index is 0.209. The highest BCUT2D eigenvalue weighted by Gasteiger charge is 2.42. The zero-order chi connectivity index (χ0) is 21.2. The van der Waals surface area contributed by atoms with E-state index < -0.39 is 22.2 Å². The molecule has 0 atom stereocenters. The van der Waals surface area contributed by atoms with Gasteiger partial charge in [0.05, 0.1) is 11.1 Å². The van der Waals surface area contributed by atoms with Gasteiger partial charge in [-0.2, -0.15) is 30.7 Å². The molecule has 0 rings (SSSR count). The number of hydrogen-bond acceptors (Lipinski definition) is 6. The van der Waals surface area contributed by atoms with Gasteiger partial charge in [0.25, 0.3) is 0 Å². The average molecular weight is 367 g/mol. The zero-order valence-electron chi connectivity index (χ0n) is 19.7. The van der Waals surface area contributed by atoms with E-state index in [1.54, 1.807) is 0 Å². The molecule has 6 nitrogen and oxygen atoms in total. The molecule has 0 aromatic heterocycles. The van der Waals surface area contributed by atoms with Crippen LogP contribution in [0.15, 0.2) is 30.7 Å². The second-order valence-corrected chi connectivity index (χ2v) is 11.2. The summed E-state index contributed by atoms with van der Waals surface area (Å²) >= 11 is 0. The molecule has 0 amide bonds. The lowest BCUT2D eigenvalue weighted by atomic mass is 9.83. The molecule has 0 spiro atoms. The van der Waals surface area contributed by atoms with E-state index in [9.17, 15) is 0 Å². The normalized spacial score (nSPS) is 16.4. The van der Waals surface area contributed by atoms with Gasteiger partial charge in [-0.05, 0) is 96.9 Å². The first-order valence-electron chi connectivity index (χ1n) is 9.44. The Labute approximate surface area is 161 Å². The maximum Gasteiger partial charge on any atom is 0.102 e. The fourth-order valence-corrected chi connectivity index (χ4v) is 1.29. The van der Waals surface area contributed by atoms with Crippen LogP contribution in [0.25, 0.3) is 0 Å². The molecule has 0 saturated heterocycles. The molecular weight excluding hydrogens is 324 g/mol. The number of nitrogens with zero attached hydrogens (tertiary/aromatic N) is 6. The highest BCUT2D eigenvalue weighted by molar-refractivity contribution is 5.03. The van der Waals surface area contributed by atoms with Gasteiger partial charge in [0.15, 0.2) is 0 Å². The third-order valence-electron chi connectivity index (χ3n) is 4.74. The lowest BCUT2D eigenvalue weighted by molar-refractivity contribution is 0.237. The summed E-state index contributed by atoms with van der Waals surface area (Å²) in [4.78, 5) is 0. The van der Waals surface area contributed by atoms with Crippen LogP contribution in [0.4, 0.5) is 0 Å². The second-order valence-electron chi connectivity index (χ2n) is 11.2. The van der Waals surface area contributed by atoms with Crippen molar-refractivity contribution in [3.05, 3.63) is 0 Å². The largest absolute Gasteiger partial charge is 0.188 e. The van der Waals surface area contributed by atoms with E-state index in [2.05, 4.69) is 30.7 Å². The molecule has 0 heterocycles. The van der Waals surface area contributed by atoms with Crippen LogP contribution in [0, 0.1) is 0 Å². The van der Waals surface area contributed by atoms with Gasteiger partial charge in [-0.25, -0.2) is 0 Å². The van der Waals surface area contributed by atoms with Crippen LogP contribution >= 0.6 is 0 Å². The lowest BCUT2D eigenvalue weighted by Gasteiger charge is -2.37. The minimum Gasteiger partial charge on any atom is -0.188 e. The van der Waals surface area contributed by atoms with E-state index in [4.69, 9.17) is 0 Å².